The molecule has 0 aliphatic carbocycles. The van der Waals surface area contributed by atoms with Gasteiger partial charge in [0.15, 0.2) is 11.5 Å². The van der Waals surface area contributed by atoms with Gasteiger partial charge >= 0.3 is 5.97 Å². The molecule has 1 aliphatic heterocycles. The second kappa shape index (κ2) is 5.38. The lowest BCUT2D eigenvalue weighted by Crippen LogP contribution is -2.15. The van der Waals surface area contributed by atoms with Crippen LogP contribution in [0.5, 0.6) is 11.5 Å². The Balaban J connectivity index is 1.90. The Labute approximate surface area is 118 Å². The van der Waals surface area contributed by atoms with Crippen molar-refractivity contribution in [1.82, 2.24) is 10.2 Å². The van der Waals surface area contributed by atoms with E-state index in [1.165, 1.54) is 24.0 Å². The summed E-state index contributed by atoms with van der Waals surface area (Å²) in [5.74, 6) is 0.320. The number of ether oxygens (including phenoxy) is 2. The number of benzene rings is 1. The highest BCUT2D eigenvalue weighted by Crippen LogP contribution is 2.36. The maximum Gasteiger partial charge on any atom is 0.338 e. The Kier molecular flexibility index (Phi) is 3.42. The van der Waals surface area contributed by atoms with Gasteiger partial charge in [-0.1, -0.05) is 11.8 Å². The number of nitrogens with zero attached hydrogens (tertiary/aromatic N) is 2. The molecule has 0 fully saturated rings. The molecule has 0 amide bonds. The molecule has 1 N–H and O–H groups in total. The minimum absolute atomic E-state index is 0.125. The normalized spacial score (nSPS) is 13.0. The van der Waals surface area contributed by atoms with E-state index in [2.05, 4.69) is 10.2 Å². The summed E-state index contributed by atoms with van der Waals surface area (Å²) in [6.07, 6.45) is 1.36. The van der Waals surface area contributed by atoms with Crippen LogP contribution in [0.3, 0.4) is 0 Å². The number of aromatic nitrogens is 2. The second-order valence-electron chi connectivity index (χ2n) is 3.96. The van der Waals surface area contributed by atoms with Crippen LogP contribution in [0.1, 0.15) is 10.4 Å². The average Bonchev–Trinajstić information content (AvgIpc) is 2.47. The van der Waals surface area contributed by atoms with E-state index in [1.54, 1.807) is 12.1 Å². The molecule has 2 heterocycles. The third kappa shape index (κ3) is 2.53. The van der Waals surface area contributed by atoms with Crippen molar-refractivity contribution in [2.45, 2.75) is 9.92 Å². The molecule has 0 saturated heterocycles. The maximum atomic E-state index is 11.1. The highest BCUT2D eigenvalue weighted by Gasteiger charge is 2.16. The first-order chi connectivity index (χ1) is 9.74. The third-order valence-corrected chi connectivity index (χ3v) is 3.63. The maximum absolute atomic E-state index is 11.1. The van der Waals surface area contributed by atoms with Gasteiger partial charge in [0.2, 0.25) is 0 Å². The van der Waals surface area contributed by atoms with Gasteiger partial charge in [0.1, 0.15) is 18.2 Å². The topological polar surface area (TPSA) is 81.5 Å². The fraction of sp³-hybridized carbons (Fsp3) is 0.154. The Hall–Kier alpha value is -2.28. The minimum atomic E-state index is -1.03. The Morgan fingerprint density at radius 1 is 1.20 bits per heavy atom. The molecule has 0 unspecified atom stereocenters. The Bertz CT molecular complexity index is 663. The predicted octanol–water partition coefficient (Wildman–Crippen LogP) is 2.10. The summed E-state index contributed by atoms with van der Waals surface area (Å²) in [6, 6.07) is 6.86. The van der Waals surface area contributed by atoms with Crippen LogP contribution in [-0.2, 0) is 0 Å². The van der Waals surface area contributed by atoms with Crippen LogP contribution in [0.25, 0.3) is 0 Å². The van der Waals surface area contributed by atoms with E-state index < -0.39 is 5.97 Å². The highest BCUT2D eigenvalue weighted by atomic mass is 32.2. The van der Waals surface area contributed by atoms with Crippen molar-refractivity contribution in [1.29, 1.82) is 0 Å². The molecule has 6 nitrogen and oxygen atoms in total. The van der Waals surface area contributed by atoms with E-state index >= 15 is 0 Å². The number of aromatic carboxylic acids is 1. The third-order valence-electron chi connectivity index (χ3n) is 2.65. The molecule has 2 aromatic rings. The number of fused-ring (bicyclic) bond motifs is 1. The number of rotatable bonds is 3. The van der Waals surface area contributed by atoms with Crippen LogP contribution in [0.4, 0.5) is 0 Å². The zero-order valence-electron chi connectivity index (χ0n) is 10.3. The van der Waals surface area contributed by atoms with Crippen LogP contribution in [0.15, 0.2) is 40.4 Å². The molecular formula is C13H10N2O4S. The molecule has 0 spiro atoms. The number of hydrogen-bond acceptors (Lipinski definition) is 6. The molecular weight excluding hydrogens is 280 g/mol. The molecule has 0 atom stereocenters. The summed E-state index contributed by atoms with van der Waals surface area (Å²) in [5, 5.41) is 17.0. The van der Waals surface area contributed by atoms with Gasteiger partial charge in [0.25, 0.3) is 0 Å². The SMILES string of the molecule is O=C(O)c1ccnnc1Sc1ccc2c(c1)OCCO2. The van der Waals surface area contributed by atoms with E-state index in [1.807, 2.05) is 6.07 Å². The van der Waals surface area contributed by atoms with E-state index in [0.29, 0.717) is 29.7 Å². The summed E-state index contributed by atoms with van der Waals surface area (Å²) in [7, 11) is 0. The van der Waals surface area contributed by atoms with E-state index in [-0.39, 0.29) is 5.56 Å². The van der Waals surface area contributed by atoms with Crippen LogP contribution in [0, 0.1) is 0 Å². The summed E-state index contributed by atoms with van der Waals surface area (Å²) >= 11 is 1.23. The van der Waals surface area contributed by atoms with Crippen LogP contribution in [0.2, 0.25) is 0 Å². The van der Waals surface area contributed by atoms with Gasteiger partial charge in [-0.2, -0.15) is 5.10 Å². The molecule has 1 aromatic heterocycles. The van der Waals surface area contributed by atoms with Crippen LogP contribution >= 0.6 is 11.8 Å². The summed E-state index contributed by atoms with van der Waals surface area (Å²) in [5.41, 5.74) is 0.125. The largest absolute Gasteiger partial charge is 0.486 e. The van der Waals surface area contributed by atoms with E-state index in [9.17, 15) is 4.79 Å². The monoisotopic (exact) mass is 290 g/mol. The summed E-state index contributed by atoms with van der Waals surface area (Å²) in [4.78, 5) is 11.9. The number of carboxylic acid groups (broad SMARTS) is 1. The van der Waals surface area contributed by atoms with Gasteiger partial charge in [-0.25, -0.2) is 4.79 Å². The fourth-order valence-electron chi connectivity index (χ4n) is 1.76. The lowest BCUT2D eigenvalue weighted by atomic mass is 10.3. The quantitative estimate of drug-likeness (QED) is 0.926. The van der Waals surface area contributed by atoms with Gasteiger partial charge in [-0.15, -0.1) is 5.10 Å². The van der Waals surface area contributed by atoms with Crippen molar-refractivity contribution >= 4 is 17.7 Å². The lowest BCUT2D eigenvalue weighted by Gasteiger charge is -2.18. The predicted molar refractivity (Wildman–Crippen MR) is 70.5 cm³/mol. The van der Waals surface area contributed by atoms with Gasteiger partial charge in [0, 0.05) is 4.90 Å². The van der Waals surface area contributed by atoms with Gasteiger partial charge in [-0.05, 0) is 24.3 Å². The highest BCUT2D eigenvalue weighted by molar-refractivity contribution is 7.99. The van der Waals surface area contributed by atoms with Crippen molar-refractivity contribution in [3.63, 3.8) is 0 Å². The van der Waals surface area contributed by atoms with Crippen LogP contribution < -0.4 is 9.47 Å². The zero-order valence-corrected chi connectivity index (χ0v) is 11.1. The smallest absolute Gasteiger partial charge is 0.338 e. The summed E-state index contributed by atoms with van der Waals surface area (Å²) in [6.45, 7) is 1.04. The van der Waals surface area contributed by atoms with Gasteiger partial charge in [0.05, 0.1) is 11.8 Å². The second-order valence-corrected chi connectivity index (χ2v) is 5.02. The molecule has 1 aliphatic rings. The molecule has 102 valence electrons. The number of carboxylic acids is 1. The number of carbonyl (C=O) groups is 1. The molecule has 1 aromatic carbocycles. The first-order valence-electron chi connectivity index (χ1n) is 5.86. The summed E-state index contributed by atoms with van der Waals surface area (Å²) < 4.78 is 10.9. The Morgan fingerprint density at radius 3 is 2.80 bits per heavy atom. The first-order valence-corrected chi connectivity index (χ1v) is 6.68. The molecule has 0 radical (unpaired) electrons. The van der Waals surface area contributed by atoms with Crippen molar-refractivity contribution in [3.8, 4) is 11.5 Å². The standard InChI is InChI=1S/C13H10N2O4S/c16-13(17)9-3-4-14-15-12(9)20-8-1-2-10-11(7-8)19-6-5-18-10/h1-4,7H,5-6H2,(H,16,17). The number of hydrogen-bond donors (Lipinski definition) is 1. The molecule has 20 heavy (non-hydrogen) atoms. The van der Waals surface area contributed by atoms with Crippen molar-refractivity contribution in [3.05, 3.63) is 36.0 Å². The van der Waals surface area contributed by atoms with E-state index in [0.717, 1.165) is 4.90 Å². The van der Waals surface area contributed by atoms with Crippen LogP contribution in [-0.4, -0.2) is 34.5 Å². The van der Waals surface area contributed by atoms with Crippen molar-refractivity contribution < 1.29 is 19.4 Å². The lowest BCUT2D eigenvalue weighted by molar-refractivity contribution is 0.0692. The average molecular weight is 290 g/mol. The molecule has 7 heteroatoms. The van der Waals surface area contributed by atoms with Gasteiger partial charge in [-0.3, -0.25) is 0 Å². The van der Waals surface area contributed by atoms with E-state index in [4.69, 9.17) is 14.6 Å². The molecule has 0 bridgehead atoms. The zero-order chi connectivity index (χ0) is 13.9. The van der Waals surface area contributed by atoms with Crippen molar-refractivity contribution in [2.24, 2.45) is 0 Å². The molecule has 3 rings (SSSR count). The fourth-order valence-corrected chi connectivity index (χ4v) is 2.63. The Morgan fingerprint density at radius 2 is 2.00 bits per heavy atom. The van der Waals surface area contributed by atoms with Gasteiger partial charge < -0.3 is 14.6 Å². The van der Waals surface area contributed by atoms with Crippen molar-refractivity contribution in [2.75, 3.05) is 13.2 Å². The minimum Gasteiger partial charge on any atom is -0.486 e. The first kappa shape index (κ1) is 12.7. The molecule has 0 saturated carbocycles.